The molecule has 0 aliphatic rings. The molecule has 0 aliphatic heterocycles. The number of rotatable bonds is 3. The van der Waals surface area contributed by atoms with E-state index < -0.39 is 5.91 Å². The van der Waals surface area contributed by atoms with E-state index in [1.807, 2.05) is 0 Å². The number of hydrogen-bond acceptors (Lipinski definition) is 3. The van der Waals surface area contributed by atoms with Gasteiger partial charge in [0.05, 0.1) is 6.21 Å². The molecule has 0 saturated heterocycles. The van der Waals surface area contributed by atoms with Crippen LogP contribution in [0.5, 0.6) is 0 Å². The van der Waals surface area contributed by atoms with Crippen molar-refractivity contribution in [1.82, 2.24) is 15.6 Å². The van der Waals surface area contributed by atoms with Crippen molar-refractivity contribution in [1.29, 1.82) is 0 Å². The maximum Gasteiger partial charge on any atom is 0.289 e. The Labute approximate surface area is 113 Å². The van der Waals surface area contributed by atoms with Gasteiger partial charge in [0, 0.05) is 10.6 Å². The smallest absolute Gasteiger partial charge is 0.289 e. The molecule has 0 bridgehead atoms. The number of benzene rings is 1. The second-order valence-electron chi connectivity index (χ2n) is 3.83. The highest BCUT2D eigenvalue weighted by Crippen LogP contribution is 2.07. The minimum atomic E-state index is -0.485. The predicted molar refractivity (Wildman–Crippen MR) is 72.7 cm³/mol. The summed E-state index contributed by atoms with van der Waals surface area (Å²) < 4.78 is 0. The summed E-state index contributed by atoms with van der Waals surface area (Å²) >= 11 is 5.74. The van der Waals surface area contributed by atoms with Gasteiger partial charge < -0.3 is 0 Å². The summed E-state index contributed by atoms with van der Waals surface area (Å²) in [6.45, 7) is 1.55. The molecule has 2 rings (SSSR count). The lowest BCUT2D eigenvalue weighted by molar-refractivity contribution is 0.0949. The van der Waals surface area contributed by atoms with E-state index in [-0.39, 0.29) is 11.3 Å². The number of halogens is 1. The van der Waals surface area contributed by atoms with Crippen molar-refractivity contribution in [2.24, 2.45) is 5.10 Å². The number of carbonyl (C=O) groups excluding carboxylic acids is 1. The van der Waals surface area contributed by atoms with E-state index in [0.29, 0.717) is 10.6 Å². The Kier molecular flexibility index (Phi) is 3.82. The average molecular weight is 279 g/mol. The first-order valence-electron chi connectivity index (χ1n) is 5.44. The van der Waals surface area contributed by atoms with Crippen molar-refractivity contribution in [2.75, 3.05) is 0 Å². The van der Waals surface area contributed by atoms with Crippen LogP contribution in [0.4, 0.5) is 0 Å². The third kappa shape index (κ3) is 3.11. The zero-order chi connectivity index (χ0) is 13.8. The molecule has 98 valence electrons. The van der Waals surface area contributed by atoms with Crippen molar-refractivity contribution in [3.8, 4) is 0 Å². The monoisotopic (exact) mass is 278 g/mol. The van der Waals surface area contributed by atoms with Gasteiger partial charge in [-0.1, -0.05) is 23.7 Å². The maximum atomic E-state index is 11.7. The van der Waals surface area contributed by atoms with Gasteiger partial charge >= 0.3 is 0 Å². The molecule has 6 nitrogen and oxygen atoms in total. The second-order valence-corrected chi connectivity index (χ2v) is 4.27. The van der Waals surface area contributed by atoms with E-state index in [1.54, 1.807) is 31.2 Å². The number of hydrazone groups is 1. The lowest BCUT2D eigenvalue weighted by Crippen LogP contribution is -2.19. The molecule has 0 unspecified atom stereocenters. The van der Waals surface area contributed by atoms with Gasteiger partial charge in [-0.2, -0.15) is 5.10 Å². The predicted octanol–water partition coefficient (Wildman–Crippen LogP) is 1.43. The highest BCUT2D eigenvalue weighted by atomic mass is 35.5. The van der Waals surface area contributed by atoms with E-state index in [2.05, 4.69) is 20.7 Å². The molecule has 0 aliphatic carbocycles. The van der Waals surface area contributed by atoms with Crippen molar-refractivity contribution in [2.45, 2.75) is 6.92 Å². The van der Waals surface area contributed by atoms with Crippen molar-refractivity contribution in [3.05, 3.63) is 56.5 Å². The van der Waals surface area contributed by atoms with Gasteiger partial charge in [-0.3, -0.25) is 19.8 Å². The van der Waals surface area contributed by atoms with Gasteiger partial charge in [0.2, 0.25) is 0 Å². The fourth-order valence-electron chi connectivity index (χ4n) is 1.42. The Morgan fingerprint density at radius 3 is 2.58 bits per heavy atom. The first kappa shape index (κ1) is 13.1. The lowest BCUT2D eigenvalue weighted by Gasteiger charge is -1.97. The Morgan fingerprint density at radius 2 is 2.00 bits per heavy atom. The molecular formula is C12H11ClN4O2. The van der Waals surface area contributed by atoms with E-state index in [4.69, 9.17) is 11.6 Å². The van der Waals surface area contributed by atoms with Gasteiger partial charge in [0.25, 0.3) is 11.5 Å². The fourth-order valence-corrected chi connectivity index (χ4v) is 1.54. The number of hydrogen-bond donors (Lipinski definition) is 3. The van der Waals surface area contributed by atoms with Crippen LogP contribution in [0, 0.1) is 6.92 Å². The molecule has 1 heterocycles. The van der Waals surface area contributed by atoms with Crippen LogP contribution in [0.15, 0.2) is 34.2 Å². The number of aromatic nitrogens is 2. The van der Waals surface area contributed by atoms with Crippen LogP contribution in [0.25, 0.3) is 0 Å². The fraction of sp³-hybridized carbons (Fsp3) is 0.0833. The summed E-state index contributed by atoms with van der Waals surface area (Å²) in [5, 5.41) is 9.23. The zero-order valence-corrected chi connectivity index (χ0v) is 10.8. The van der Waals surface area contributed by atoms with E-state index in [1.165, 1.54) is 6.21 Å². The number of aromatic amines is 2. The molecule has 1 amide bonds. The van der Waals surface area contributed by atoms with Crippen LogP contribution in [-0.2, 0) is 0 Å². The molecule has 0 spiro atoms. The van der Waals surface area contributed by atoms with Crippen LogP contribution in [0.3, 0.4) is 0 Å². The second kappa shape index (κ2) is 5.53. The van der Waals surface area contributed by atoms with Crippen LogP contribution >= 0.6 is 11.6 Å². The van der Waals surface area contributed by atoms with Crippen LogP contribution in [-0.4, -0.2) is 22.3 Å². The Hall–Kier alpha value is -2.34. The maximum absolute atomic E-state index is 11.7. The normalized spacial score (nSPS) is 10.8. The first-order chi connectivity index (χ1) is 9.08. The standard InChI is InChI=1S/C12H11ClN4O2/c1-7-10(15-17-11(7)18)12(19)16-14-6-8-2-4-9(13)5-3-8/h2-6H,1H3,(H,16,19)(H2,15,17,18)/b14-6+. The van der Waals surface area contributed by atoms with Crippen molar-refractivity contribution < 1.29 is 4.79 Å². The van der Waals surface area contributed by atoms with Crippen molar-refractivity contribution >= 4 is 23.7 Å². The molecule has 0 fully saturated rings. The summed E-state index contributed by atoms with van der Waals surface area (Å²) in [5.41, 5.74) is 3.28. The van der Waals surface area contributed by atoms with E-state index >= 15 is 0 Å². The topological polar surface area (TPSA) is 90.1 Å². The number of amides is 1. The van der Waals surface area contributed by atoms with Crippen LogP contribution in [0.1, 0.15) is 21.6 Å². The summed E-state index contributed by atoms with van der Waals surface area (Å²) in [4.78, 5) is 22.8. The van der Waals surface area contributed by atoms with Crippen LogP contribution in [0.2, 0.25) is 5.02 Å². The Bertz CT molecular complexity index is 670. The summed E-state index contributed by atoms with van der Waals surface area (Å²) in [7, 11) is 0. The van der Waals surface area contributed by atoms with Crippen molar-refractivity contribution in [3.63, 3.8) is 0 Å². The van der Waals surface area contributed by atoms with Gasteiger partial charge in [0.15, 0.2) is 0 Å². The molecule has 1 aromatic heterocycles. The quantitative estimate of drug-likeness (QED) is 0.585. The third-order valence-electron chi connectivity index (χ3n) is 2.49. The Balaban J connectivity index is 2.02. The number of H-pyrrole nitrogens is 2. The zero-order valence-electron chi connectivity index (χ0n) is 10.0. The highest BCUT2D eigenvalue weighted by molar-refractivity contribution is 6.30. The van der Waals surface area contributed by atoms with E-state index in [9.17, 15) is 9.59 Å². The molecule has 2 aromatic rings. The van der Waals surface area contributed by atoms with Gasteiger partial charge in [0.1, 0.15) is 5.69 Å². The minimum Gasteiger partial charge on any atom is -0.293 e. The molecule has 3 N–H and O–H groups in total. The molecular weight excluding hydrogens is 268 g/mol. The molecule has 0 radical (unpaired) electrons. The number of carbonyl (C=O) groups is 1. The summed E-state index contributed by atoms with van der Waals surface area (Å²) in [6, 6.07) is 6.97. The average Bonchev–Trinajstić information content (AvgIpc) is 2.72. The minimum absolute atomic E-state index is 0.165. The summed E-state index contributed by atoms with van der Waals surface area (Å²) in [6.07, 6.45) is 1.48. The molecule has 0 atom stereocenters. The van der Waals surface area contributed by atoms with E-state index in [0.717, 1.165) is 5.56 Å². The highest BCUT2D eigenvalue weighted by Gasteiger charge is 2.12. The number of nitrogens with one attached hydrogen (secondary N) is 3. The molecule has 1 aromatic carbocycles. The lowest BCUT2D eigenvalue weighted by atomic mass is 10.2. The van der Waals surface area contributed by atoms with Gasteiger partial charge in [-0.25, -0.2) is 5.43 Å². The SMILES string of the molecule is Cc1c(C(=O)N/N=C/c2ccc(Cl)cc2)[nH][nH]c1=O. The largest absolute Gasteiger partial charge is 0.293 e. The van der Waals surface area contributed by atoms with Gasteiger partial charge in [-0.15, -0.1) is 0 Å². The van der Waals surface area contributed by atoms with Crippen LogP contribution < -0.4 is 11.0 Å². The molecule has 19 heavy (non-hydrogen) atoms. The Morgan fingerprint density at radius 1 is 1.32 bits per heavy atom. The first-order valence-corrected chi connectivity index (χ1v) is 5.82. The third-order valence-corrected chi connectivity index (χ3v) is 2.75. The number of nitrogens with zero attached hydrogens (tertiary/aromatic N) is 1. The molecule has 7 heteroatoms. The summed E-state index contributed by atoms with van der Waals surface area (Å²) in [5.74, 6) is -0.485. The van der Waals surface area contributed by atoms with Gasteiger partial charge in [-0.05, 0) is 24.6 Å². The molecule has 0 saturated carbocycles.